The van der Waals surface area contributed by atoms with Crippen molar-refractivity contribution in [3.63, 3.8) is 0 Å². The van der Waals surface area contributed by atoms with Gasteiger partial charge in [-0.2, -0.15) is 5.10 Å². The number of carbonyl (C=O) groups is 1. The number of fused-ring (bicyclic) bond motifs is 5. The average Bonchev–Trinajstić information content (AvgIpc) is 3.66. The van der Waals surface area contributed by atoms with Crippen LogP contribution in [0.4, 0.5) is 0 Å². The molecule has 9 atom stereocenters. The third-order valence-corrected chi connectivity index (χ3v) is 14.7. The van der Waals surface area contributed by atoms with E-state index in [1.54, 1.807) is 11.8 Å². The van der Waals surface area contributed by atoms with Gasteiger partial charge in [0.1, 0.15) is 0 Å². The Morgan fingerprint density at radius 3 is 2.44 bits per heavy atom. The maximum Gasteiger partial charge on any atom is 0.239 e. The van der Waals surface area contributed by atoms with E-state index in [0.717, 1.165) is 72.8 Å². The largest absolute Gasteiger partial charge is 0.286 e. The molecule has 4 nitrogen and oxygen atoms in total. The summed E-state index contributed by atoms with van der Waals surface area (Å²) in [5, 5.41) is 11.2. The molecule has 0 radical (unpaired) electrons. The van der Waals surface area contributed by atoms with Crippen LogP contribution in [0.25, 0.3) is 0 Å². The van der Waals surface area contributed by atoms with E-state index in [2.05, 4.69) is 34.6 Å². The molecule has 1 amide bonds. The Kier molecular flexibility index (Phi) is 8.99. The summed E-state index contributed by atoms with van der Waals surface area (Å²) in [7, 11) is 0. The topological polar surface area (TPSA) is 45.0 Å². The normalized spacial score (nSPS) is 44.1. The number of hydrogen-bond donors (Lipinski definition) is 0. The number of amidine groups is 1. The minimum absolute atomic E-state index is 0.232. The summed E-state index contributed by atoms with van der Waals surface area (Å²) in [6, 6.07) is 0.330. The smallest absolute Gasteiger partial charge is 0.239 e. The molecule has 6 aliphatic rings. The summed E-state index contributed by atoms with van der Waals surface area (Å²) in [5.74, 6) is 6.01. The van der Waals surface area contributed by atoms with E-state index < -0.39 is 0 Å². The molecular weight excluding hydrogens is 546 g/mol. The zero-order valence-electron chi connectivity index (χ0n) is 26.5. The number of amides is 1. The molecule has 9 unspecified atom stereocenters. The molecule has 1 saturated heterocycles. The highest BCUT2D eigenvalue weighted by Crippen LogP contribution is 2.68. The number of thioether (sulfide) groups is 1. The Hall–Kier alpha value is -0.550. The summed E-state index contributed by atoms with van der Waals surface area (Å²) >= 11 is 8.48. The van der Waals surface area contributed by atoms with E-state index in [4.69, 9.17) is 21.8 Å². The molecule has 0 aromatic heterocycles. The molecule has 0 aromatic rings. The zero-order chi connectivity index (χ0) is 28.9. The van der Waals surface area contributed by atoms with E-state index in [0.29, 0.717) is 23.1 Å². The maximum absolute atomic E-state index is 12.8. The van der Waals surface area contributed by atoms with Crippen LogP contribution in [0.1, 0.15) is 131 Å². The van der Waals surface area contributed by atoms with Gasteiger partial charge in [0.05, 0.1) is 5.75 Å². The van der Waals surface area contributed by atoms with E-state index in [1.165, 1.54) is 69.9 Å². The van der Waals surface area contributed by atoms with E-state index in [1.807, 2.05) is 4.90 Å². The van der Waals surface area contributed by atoms with Crippen molar-refractivity contribution in [1.82, 2.24) is 4.90 Å². The predicted molar refractivity (Wildman–Crippen MR) is 175 cm³/mol. The summed E-state index contributed by atoms with van der Waals surface area (Å²) in [6.07, 6.45) is 18.9. The van der Waals surface area contributed by atoms with Crippen LogP contribution < -0.4 is 0 Å². The van der Waals surface area contributed by atoms with Crippen molar-refractivity contribution >= 4 is 40.1 Å². The Balaban J connectivity index is 1.27. The molecule has 230 valence electrons. The monoisotopic (exact) mass is 601 g/mol. The first kappa shape index (κ1) is 30.5. The lowest BCUT2D eigenvalue weighted by molar-refractivity contribution is -0.125. The van der Waals surface area contributed by atoms with Crippen LogP contribution in [-0.2, 0) is 4.79 Å². The van der Waals surface area contributed by atoms with E-state index in [-0.39, 0.29) is 16.7 Å². The lowest BCUT2D eigenvalue weighted by Crippen LogP contribution is -2.56. The van der Waals surface area contributed by atoms with Crippen LogP contribution in [-0.4, -0.2) is 38.9 Å². The summed E-state index contributed by atoms with van der Waals surface area (Å²) in [6.45, 7) is 12.6. The van der Waals surface area contributed by atoms with Gasteiger partial charge in [-0.1, -0.05) is 78.5 Å². The van der Waals surface area contributed by atoms with E-state index >= 15 is 0 Å². The maximum atomic E-state index is 12.8. The first-order valence-corrected chi connectivity index (χ1v) is 18.8. The molecule has 0 spiro atoms. The number of halogens is 1. The van der Waals surface area contributed by atoms with Gasteiger partial charge in [-0.05, 0) is 111 Å². The first-order valence-electron chi connectivity index (χ1n) is 17.3. The highest BCUT2D eigenvalue weighted by molar-refractivity contribution is 8.15. The Morgan fingerprint density at radius 2 is 1.68 bits per heavy atom. The summed E-state index contributed by atoms with van der Waals surface area (Å²) in [4.78, 5) is 14.8. The molecule has 41 heavy (non-hydrogen) atoms. The van der Waals surface area contributed by atoms with Crippen LogP contribution in [0.5, 0.6) is 0 Å². The van der Waals surface area contributed by atoms with Crippen molar-refractivity contribution in [2.75, 3.05) is 5.75 Å². The Morgan fingerprint density at radius 1 is 0.951 bits per heavy atom. The van der Waals surface area contributed by atoms with Crippen LogP contribution in [0.15, 0.2) is 10.2 Å². The van der Waals surface area contributed by atoms with Gasteiger partial charge < -0.3 is 0 Å². The second-order valence-electron chi connectivity index (χ2n) is 16.0. The lowest BCUT2D eigenvalue weighted by Gasteiger charge is -2.61. The fraction of sp³-hybridized carbons (Fsp3) is 0.914. The number of rotatable bonds is 7. The molecule has 6 fully saturated rings. The molecule has 0 N–H and O–H groups in total. The van der Waals surface area contributed by atoms with Gasteiger partial charge in [-0.15, -0.1) is 16.7 Å². The molecule has 1 aliphatic heterocycles. The highest BCUT2D eigenvalue weighted by Gasteiger charge is 2.62. The molecule has 6 heteroatoms. The third kappa shape index (κ3) is 5.59. The Labute approximate surface area is 259 Å². The zero-order valence-corrected chi connectivity index (χ0v) is 28.1. The van der Waals surface area contributed by atoms with Crippen molar-refractivity contribution in [1.29, 1.82) is 0 Å². The highest BCUT2D eigenvalue weighted by atomic mass is 35.5. The molecule has 1 heterocycles. The molecule has 5 aliphatic carbocycles. The van der Waals surface area contributed by atoms with Gasteiger partial charge in [0.25, 0.3) is 0 Å². The van der Waals surface area contributed by atoms with Gasteiger partial charge >= 0.3 is 0 Å². The molecule has 5 saturated carbocycles. The van der Waals surface area contributed by atoms with Crippen molar-refractivity contribution in [3.05, 3.63) is 0 Å². The van der Waals surface area contributed by atoms with Crippen LogP contribution in [0.2, 0.25) is 0 Å². The molecule has 6 rings (SSSR count). The summed E-state index contributed by atoms with van der Waals surface area (Å²) in [5.41, 5.74) is 2.06. The number of alkyl halides is 1. The van der Waals surface area contributed by atoms with Crippen LogP contribution >= 0.6 is 23.4 Å². The van der Waals surface area contributed by atoms with Crippen molar-refractivity contribution in [2.24, 2.45) is 62.5 Å². The molecule has 0 bridgehead atoms. The van der Waals surface area contributed by atoms with Gasteiger partial charge in [-0.3, -0.25) is 9.69 Å². The van der Waals surface area contributed by atoms with Crippen molar-refractivity contribution in [2.45, 2.75) is 142 Å². The number of hydrogen-bond acceptors (Lipinski definition) is 4. The molecular formula is C35H56ClN3OS. The Bertz CT molecular complexity index is 1040. The number of carbonyl (C=O) groups excluding carboxylic acids is 1. The van der Waals surface area contributed by atoms with Crippen LogP contribution in [0.3, 0.4) is 0 Å². The van der Waals surface area contributed by atoms with Crippen molar-refractivity contribution in [3.8, 4) is 0 Å². The quantitative estimate of drug-likeness (QED) is 0.215. The SMILES string of the molecule is CC(C)CCCC(C)C1CCC2C3C/C(=N\N=C4\SCC(=O)N4C4CCCC4)C4CC(Cl)CCC4(C)C3CCC12C. The lowest BCUT2D eigenvalue weighted by atomic mass is 9.44. The first-order chi connectivity index (χ1) is 19.6. The minimum atomic E-state index is 0.232. The van der Waals surface area contributed by atoms with Gasteiger partial charge in [0.15, 0.2) is 5.17 Å². The van der Waals surface area contributed by atoms with Gasteiger partial charge in [0, 0.05) is 23.0 Å². The second kappa shape index (κ2) is 12.1. The van der Waals surface area contributed by atoms with Crippen molar-refractivity contribution < 1.29 is 4.79 Å². The van der Waals surface area contributed by atoms with Gasteiger partial charge in [0.2, 0.25) is 5.91 Å². The fourth-order valence-corrected chi connectivity index (χ4v) is 12.4. The summed E-state index contributed by atoms with van der Waals surface area (Å²) < 4.78 is 0. The number of nitrogens with zero attached hydrogens (tertiary/aromatic N) is 3. The van der Waals surface area contributed by atoms with Gasteiger partial charge in [-0.25, -0.2) is 0 Å². The second-order valence-corrected chi connectivity index (χ2v) is 17.6. The average molecular weight is 602 g/mol. The third-order valence-electron chi connectivity index (χ3n) is 13.4. The minimum Gasteiger partial charge on any atom is -0.286 e. The molecule has 0 aromatic carbocycles. The van der Waals surface area contributed by atoms with Crippen LogP contribution in [0, 0.1) is 52.3 Å². The van der Waals surface area contributed by atoms with E-state index in [9.17, 15) is 4.79 Å². The predicted octanol–water partition coefficient (Wildman–Crippen LogP) is 9.55. The standard InChI is InChI=1S/C35H56ClN3OS/c1-22(2)9-8-10-23(3)27-13-14-28-26-20-31(37-38-33-39(32(40)21-41-33)25-11-6-7-12-25)30-19-24(36)15-17-35(30,5)29(26)16-18-34(27,28)4/h22-30H,6-21H2,1-5H3/b37-31+,38-33+. The fourth-order valence-electron chi connectivity index (χ4n) is 11.2.